The van der Waals surface area contributed by atoms with Crippen molar-refractivity contribution in [1.82, 2.24) is 5.32 Å². The van der Waals surface area contributed by atoms with Gasteiger partial charge in [-0.1, -0.05) is 77.3 Å². The monoisotopic (exact) mass is 478 g/mol. The van der Waals surface area contributed by atoms with Gasteiger partial charge in [-0.3, -0.25) is 10.1 Å². The molecule has 0 spiro atoms. The lowest BCUT2D eigenvalue weighted by Crippen LogP contribution is -2.34. The summed E-state index contributed by atoms with van der Waals surface area (Å²) >= 11 is 23.3. The zero-order chi connectivity index (χ0) is 21.5. The van der Waals surface area contributed by atoms with E-state index in [-0.39, 0.29) is 5.11 Å². The second kappa shape index (κ2) is 10.6. The summed E-state index contributed by atoms with van der Waals surface area (Å²) < 4.78 is 5.83. The standard InChI is InChI=1S/C22H17Cl3N2O2S/c23-16-12-18(25)19(13-17(16)24)26-22(30)27-21(28)15-8-4-5-9-20(15)29-11-10-14-6-2-1-3-7-14/h1-9,12-13H,10-11H2,(H2,26,27,28,30). The van der Waals surface area contributed by atoms with Gasteiger partial charge < -0.3 is 10.1 Å². The number of carbonyl (C=O) groups is 1. The van der Waals surface area contributed by atoms with Crippen molar-refractivity contribution < 1.29 is 9.53 Å². The molecule has 0 unspecified atom stereocenters. The Labute approximate surface area is 195 Å². The van der Waals surface area contributed by atoms with Gasteiger partial charge in [-0.05, 0) is 42.0 Å². The van der Waals surface area contributed by atoms with Gasteiger partial charge in [-0.25, -0.2) is 0 Å². The summed E-state index contributed by atoms with van der Waals surface area (Å²) in [7, 11) is 0. The smallest absolute Gasteiger partial charge is 0.261 e. The minimum atomic E-state index is -0.404. The molecule has 3 aromatic rings. The third-order valence-corrected chi connectivity index (χ3v) is 5.35. The maximum absolute atomic E-state index is 12.7. The zero-order valence-electron chi connectivity index (χ0n) is 15.6. The van der Waals surface area contributed by atoms with Crippen molar-refractivity contribution in [2.24, 2.45) is 0 Å². The molecule has 1 amide bonds. The van der Waals surface area contributed by atoms with Gasteiger partial charge in [-0.15, -0.1) is 0 Å². The van der Waals surface area contributed by atoms with Crippen LogP contribution in [0.4, 0.5) is 5.69 Å². The van der Waals surface area contributed by atoms with Gasteiger partial charge in [0.25, 0.3) is 5.91 Å². The third-order valence-electron chi connectivity index (χ3n) is 4.11. The number of thiocarbonyl (C=S) groups is 1. The first-order valence-corrected chi connectivity index (χ1v) is 10.5. The van der Waals surface area contributed by atoms with Crippen LogP contribution in [0.15, 0.2) is 66.7 Å². The van der Waals surface area contributed by atoms with E-state index in [9.17, 15) is 4.79 Å². The molecule has 8 heteroatoms. The molecule has 0 bridgehead atoms. The Morgan fingerprint density at radius 3 is 2.33 bits per heavy atom. The number of rotatable bonds is 6. The lowest BCUT2D eigenvalue weighted by molar-refractivity contribution is 0.0974. The van der Waals surface area contributed by atoms with Crippen molar-refractivity contribution in [3.05, 3.63) is 92.9 Å². The van der Waals surface area contributed by atoms with Crippen LogP contribution in [-0.4, -0.2) is 17.6 Å². The zero-order valence-corrected chi connectivity index (χ0v) is 18.7. The molecule has 0 heterocycles. The molecule has 0 fully saturated rings. The number of nitrogens with one attached hydrogen (secondary N) is 2. The van der Waals surface area contributed by atoms with E-state index in [1.165, 1.54) is 12.1 Å². The van der Waals surface area contributed by atoms with Gasteiger partial charge in [0, 0.05) is 6.42 Å². The highest BCUT2D eigenvalue weighted by Gasteiger charge is 2.15. The molecule has 0 saturated carbocycles. The number of ether oxygens (including phenoxy) is 1. The van der Waals surface area contributed by atoms with E-state index >= 15 is 0 Å². The molecule has 30 heavy (non-hydrogen) atoms. The summed E-state index contributed by atoms with van der Waals surface area (Å²) in [4.78, 5) is 12.7. The van der Waals surface area contributed by atoms with Crippen molar-refractivity contribution in [2.45, 2.75) is 6.42 Å². The summed E-state index contributed by atoms with van der Waals surface area (Å²) in [5.41, 5.74) is 1.96. The number of hydrogen-bond acceptors (Lipinski definition) is 3. The van der Waals surface area contributed by atoms with Crippen LogP contribution >= 0.6 is 47.0 Å². The molecular weight excluding hydrogens is 463 g/mol. The van der Waals surface area contributed by atoms with E-state index in [0.29, 0.717) is 38.7 Å². The molecule has 0 aromatic heterocycles. The molecular formula is C22H17Cl3N2O2S. The number of halogens is 3. The fourth-order valence-corrected chi connectivity index (χ4v) is 3.44. The number of para-hydroxylation sites is 1. The topological polar surface area (TPSA) is 50.4 Å². The van der Waals surface area contributed by atoms with Crippen LogP contribution < -0.4 is 15.4 Å². The third kappa shape index (κ3) is 6.09. The average Bonchev–Trinajstić information content (AvgIpc) is 2.73. The predicted octanol–water partition coefficient (Wildman–Crippen LogP) is 6.40. The number of carbonyl (C=O) groups excluding carboxylic acids is 1. The van der Waals surface area contributed by atoms with Crippen molar-refractivity contribution in [1.29, 1.82) is 0 Å². The van der Waals surface area contributed by atoms with E-state index in [2.05, 4.69) is 10.6 Å². The summed E-state index contributed by atoms with van der Waals surface area (Å²) in [6, 6.07) is 20.0. The second-order valence-electron chi connectivity index (χ2n) is 6.23. The minimum absolute atomic E-state index is 0.0689. The Hall–Kier alpha value is -2.31. The second-order valence-corrected chi connectivity index (χ2v) is 7.86. The largest absolute Gasteiger partial charge is 0.492 e. The number of benzene rings is 3. The van der Waals surface area contributed by atoms with E-state index in [1.807, 2.05) is 30.3 Å². The Bertz CT molecular complexity index is 1060. The molecule has 0 aliphatic carbocycles. The first-order valence-electron chi connectivity index (χ1n) is 8.96. The summed E-state index contributed by atoms with van der Waals surface area (Å²) in [6.45, 7) is 0.440. The van der Waals surface area contributed by atoms with Gasteiger partial charge in [0.1, 0.15) is 5.75 Å². The van der Waals surface area contributed by atoms with Crippen LogP contribution in [0, 0.1) is 0 Å². The molecule has 0 radical (unpaired) electrons. The van der Waals surface area contributed by atoms with E-state index in [4.69, 9.17) is 51.8 Å². The number of hydrogen-bond donors (Lipinski definition) is 2. The van der Waals surface area contributed by atoms with Crippen LogP contribution in [0.5, 0.6) is 5.75 Å². The van der Waals surface area contributed by atoms with Crippen LogP contribution in [0.2, 0.25) is 15.1 Å². The maximum Gasteiger partial charge on any atom is 0.261 e. The van der Waals surface area contributed by atoms with Crippen molar-refractivity contribution in [2.75, 3.05) is 11.9 Å². The molecule has 0 aliphatic heterocycles. The van der Waals surface area contributed by atoms with Crippen molar-refractivity contribution >= 4 is 63.7 Å². The summed E-state index contributed by atoms with van der Waals surface area (Å²) in [6.07, 6.45) is 0.729. The average molecular weight is 480 g/mol. The van der Waals surface area contributed by atoms with E-state index in [1.54, 1.807) is 24.3 Å². The normalized spacial score (nSPS) is 10.4. The first kappa shape index (κ1) is 22.4. The Morgan fingerprint density at radius 1 is 0.900 bits per heavy atom. The molecule has 2 N–H and O–H groups in total. The molecule has 0 atom stereocenters. The summed E-state index contributed by atoms with van der Waals surface area (Å²) in [5, 5.41) is 6.50. The van der Waals surface area contributed by atoms with Crippen LogP contribution in [0.3, 0.4) is 0 Å². The van der Waals surface area contributed by atoms with Gasteiger partial charge >= 0.3 is 0 Å². The lowest BCUT2D eigenvalue weighted by atomic mass is 10.1. The highest BCUT2D eigenvalue weighted by molar-refractivity contribution is 7.80. The van der Waals surface area contributed by atoms with Gasteiger partial charge in [0.05, 0.1) is 32.9 Å². The Morgan fingerprint density at radius 2 is 1.57 bits per heavy atom. The molecule has 154 valence electrons. The van der Waals surface area contributed by atoms with Crippen LogP contribution in [0.25, 0.3) is 0 Å². The van der Waals surface area contributed by atoms with Gasteiger partial charge in [0.15, 0.2) is 5.11 Å². The van der Waals surface area contributed by atoms with Gasteiger partial charge in [0.2, 0.25) is 0 Å². The summed E-state index contributed by atoms with van der Waals surface area (Å²) in [5.74, 6) is 0.0697. The van der Waals surface area contributed by atoms with Crippen LogP contribution in [-0.2, 0) is 6.42 Å². The van der Waals surface area contributed by atoms with E-state index < -0.39 is 5.91 Å². The van der Waals surface area contributed by atoms with Crippen molar-refractivity contribution in [3.8, 4) is 5.75 Å². The van der Waals surface area contributed by atoms with Crippen LogP contribution in [0.1, 0.15) is 15.9 Å². The first-order chi connectivity index (χ1) is 14.4. The molecule has 3 rings (SSSR count). The highest BCUT2D eigenvalue weighted by atomic mass is 35.5. The Balaban J connectivity index is 1.62. The quantitative estimate of drug-likeness (QED) is 0.317. The molecule has 3 aromatic carbocycles. The Kier molecular flexibility index (Phi) is 7.94. The molecule has 4 nitrogen and oxygen atoms in total. The minimum Gasteiger partial charge on any atom is -0.492 e. The SMILES string of the molecule is O=C(NC(=S)Nc1cc(Cl)c(Cl)cc1Cl)c1ccccc1OCCc1ccccc1. The highest BCUT2D eigenvalue weighted by Crippen LogP contribution is 2.32. The number of anilines is 1. The maximum atomic E-state index is 12.7. The van der Waals surface area contributed by atoms with Gasteiger partial charge in [-0.2, -0.15) is 0 Å². The van der Waals surface area contributed by atoms with Crippen molar-refractivity contribution in [3.63, 3.8) is 0 Å². The molecule has 0 aliphatic rings. The molecule has 0 saturated heterocycles. The van der Waals surface area contributed by atoms with E-state index in [0.717, 1.165) is 12.0 Å². The predicted molar refractivity (Wildman–Crippen MR) is 127 cm³/mol. The fourth-order valence-electron chi connectivity index (χ4n) is 2.65. The fraction of sp³-hybridized carbons (Fsp3) is 0.0909. The lowest BCUT2D eigenvalue weighted by Gasteiger charge is -2.14. The number of amides is 1.